The van der Waals surface area contributed by atoms with Gasteiger partial charge in [-0.25, -0.2) is 4.79 Å². The Hall–Kier alpha value is -1.09. The number of carbonyl (C=O) groups is 1. The van der Waals surface area contributed by atoms with E-state index in [1.54, 1.807) is 6.92 Å². The SMILES string of the molecule is COC(=O)c1nn(C[C@@H](O)CC(F)(F)F)c(C)c1Br. The maximum atomic E-state index is 12.1. The van der Waals surface area contributed by atoms with E-state index < -0.39 is 24.7 Å². The first-order valence-corrected chi connectivity index (χ1v) is 6.01. The molecular formula is C10H12BrF3N2O3. The molecule has 1 rings (SSSR count). The summed E-state index contributed by atoms with van der Waals surface area (Å²) in [5.41, 5.74) is 0.390. The standard InChI is InChI=1S/C10H12BrF3N2O3/c1-5-7(11)8(9(18)19-2)15-16(5)4-6(17)3-10(12,13)14/h6,17H,3-4H2,1-2H3/t6-/m0/s1. The fraction of sp³-hybridized carbons (Fsp3) is 0.600. The highest BCUT2D eigenvalue weighted by atomic mass is 79.9. The van der Waals surface area contributed by atoms with Gasteiger partial charge < -0.3 is 9.84 Å². The Bertz CT molecular complexity index is 473. The van der Waals surface area contributed by atoms with Gasteiger partial charge in [-0.3, -0.25) is 4.68 Å². The summed E-state index contributed by atoms with van der Waals surface area (Å²) in [5, 5.41) is 13.2. The van der Waals surface area contributed by atoms with E-state index >= 15 is 0 Å². The molecule has 0 aliphatic carbocycles. The Kier molecular flexibility index (Phi) is 4.97. The number of alkyl halides is 3. The van der Waals surface area contributed by atoms with Gasteiger partial charge in [0.25, 0.3) is 0 Å². The summed E-state index contributed by atoms with van der Waals surface area (Å²) >= 11 is 3.11. The molecule has 19 heavy (non-hydrogen) atoms. The van der Waals surface area contributed by atoms with Crippen LogP contribution in [0.3, 0.4) is 0 Å². The van der Waals surface area contributed by atoms with Crippen LogP contribution in [-0.2, 0) is 11.3 Å². The van der Waals surface area contributed by atoms with E-state index in [0.29, 0.717) is 10.2 Å². The lowest BCUT2D eigenvalue weighted by Gasteiger charge is -2.13. The molecule has 5 nitrogen and oxygen atoms in total. The summed E-state index contributed by atoms with van der Waals surface area (Å²) in [6.07, 6.45) is -7.42. The molecule has 0 bridgehead atoms. The average molecular weight is 345 g/mol. The van der Waals surface area contributed by atoms with E-state index in [4.69, 9.17) is 0 Å². The highest BCUT2D eigenvalue weighted by molar-refractivity contribution is 9.10. The second-order valence-corrected chi connectivity index (χ2v) is 4.69. The molecule has 0 unspecified atom stereocenters. The number of carbonyl (C=O) groups excluding carboxylic acids is 1. The smallest absolute Gasteiger partial charge is 0.391 e. The molecule has 108 valence electrons. The van der Waals surface area contributed by atoms with Gasteiger partial charge >= 0.3 is 12.1 Å². The van der Waals surface area contributed by atoms with Crippen molar-refractivity contribution in [2.45, 2.75) is 32.2 Å². The quantitative estimate of drug-likeness (QED) is 0.849. The fourth-order valence-corrected chi connectivity index (χ4v) is 1.91. The van der Waals surface area contributed by atoms with Crippen LogP contribution in [0.4, 0.5) is 13.2 Å². The number of hydrogen-bond donors (Lipinski definition) is 1. The second kappa shape index (κ2) is 5.91. The molecule has 0 radical (unpaired) electrons. The number of rotatable bonds is 4. The average Bonchev–Trinajstić information content (AvgIpc) is 2.54. The van der Waals surface area contributed by atoms with E-state index in [-0.39, 0.29) is 12.2 Å². The second-order valence-electron chi connectivity index (χ2n) is 3.89. The Balaban J connectivity index is 2.88. The van der Waals surface area contributed by atoms with Gasteiger partial charge in [-0.15, -0.1) is 0 Å². The third-order valence-electron chi connectivity index (χ3n) is 2.36. The molecule has 1 atom stereocenters. The fourth-order valence-electron chi connectivity index (χ4n) is 1.46. The third kappa shape index (κ3) is 4.20. The number of ether oxygens (including phenoxy) is 1. The minimum absolute atomic E-state index is 0.0424. The van der Waals surface area contributed by atoms with Gasteiger partial charge in [0.15, 0.2) is 5.69 Å². The van der Waals surface area contributed by atoms with Crippen molar-refractivity contribution in [2.24, 2.45) is 0 Å². The molecule has 0 saturated heterocycles. The molecule has 9 heteroatoms. The van der Waals surface area contributed by atoms with E-state index in [1.165, 1.54) is 7.11 Å². The lowest BCUT2D eigenvalue weighted by atomic mass is 10.2. The number of methoxy groups -OCH3 is 1. The first-order valence-electron chi connectivity index (χ1n) is 5.21. The zero-order chi connectivity index (χ0) is 14.8. The van der Waals surface area contributed by atoms with Crippen LogP contribution in [0.5, 0.6) is 0 Å². The number of aliphatic hydroxyl groups is 1. The van der Waals surface area contributed by atoms with Gasteiger partial charge in [-0.2, -0.15) is 18.3 Å². The Morgan fingerprint density at radius 1 is 1.58 bits per heavy atom. The van der Waals surface area contributed by atoms with Crippen molar-refractivity contribution >= 4 is 21.9 Å². The number of halogens is 4. The molecule has 1 N–H and O–H groups in total. The maximum absolute atomic E-state index is 12.1. The highest BCUT2D eigenvalue weighted by Gasteiger charge is 2.32. The summed E-state index contributed by atoms with van der Waals surface area (Å²) in [6, 6.07) is 0. The van der Waals surface area contributed by atoms with Crippen molar-refractivity contribution in [1.29, 1.82) is 0 Å². The van der Waals surface area contributed by atoms with Gasteiger partial charge in [0.05, 0.1) is 36.3 Å². The first kappa shape index (κ1) is 16.0. The van der Waals surface area contributed by atoms with Gasteiger partial charge in [0, 0.05) is 0 Å². The molecule has 0 saturated carbocycles. The maximum Gasteiger partial charge on any atom is 0.391 e. The topological polar surface area (TPSA) is 64.3 Å². The van der Waals surface area contributed by atoms with Crippen molar-refractivity contribution in [3.05, 3.63) is 15.9 Å². The van der Waals surface area contributed by atoms with Gasteiger partial charge in [-0.1, -0.05) is 0 Å². The molecule has 1 aromatic rings. The van der Waals surface area contributed by atoms with Crippen molar-refractivity contribution < 1.29 is 27.8 Å². The summed E-state index contributed by atoms with van der Waals surface area (Å²) in [5.74, 6) is -0.709. The number of nitrogens with zero attached hydrogens (tertiary/aromatic N) is 2. The number of hydrogen-bond acceptors (Lipinski definition) is 4. The van der Waals surface area contributed by atoms with Gasteiger partial charge in [0.2, 0.25) is 0 Å². The Morgan fingerprint density at radius 3 is 2.63 bits per heavy atom. The minimum atomic E-state index is -4.46. The zero-order valence-corrected chi connectivity index (χ0v) is 11.7. The Morgan fingerprint density at radius 2 is 2.16 bits per heavy atom. The van der Waals surface area contributed by atoms with Crippen LogP contribution in [0.25, 0.3) is 0 Å². The Labute approximate surface area is 115 Å². The predicted octanol–water partition coefficient (Wildman–Crippen LogP) is 2.05. The summed E-state index contributed by atoms with van der Waals surface area (Å²) in [4.78, 5) is 11.3. The number of esters is 1. The van der Waals surface area contributed by atoms with Crippen molar-refractivity contribution in [1.82, 2.24) is 9.78 Å². The van der Waals surface area contributed by atoms with Crippen LogP contribution >= 0.6 is 15.9 Å². The van der Waals surface area contributed by atoms with Gasteiger partial charge in [0.1, 0.15) is 0 Å². The molecule has 0 aromatic carbocycles. The largest absolute Gasteiger partial charge is 0.464 e. The molecule has 0 amide bonds. The predicted molar refractivity (Wildman–Crippen MR) is 62.7 cm³/mol. The molecule has 1 aromatic heterocycles. The highest BCUT2D eigenvalue weighted by Crippen LogP contribution is 2.25. The molecule has 0 aliphatic heterocycles. The number of aliphatic hydroxyl groups excluding tert-OH is 1. The van der Waals surface area contributed by atoms with E-state index in [9.17, 15) is 23.1 Å². The van der Waals surface area contributed by atoms with Crippen LogP contribution in [0, 0.1) is 6.92 Å². The minimum Gasteiger partial charge on any atom is -0.464 e. The molecule has 1 heterocycles. The van der Waals surface area contributed by atoms with Crippen LogP contribution in [0.2, 0.25) is 0 Å². The summed E-state index contributed by atoms with van der Waals surface area (Å²) in [7, 11) is 1.17. The summed E-state index contributed by atoms with van der Waals surface area (Å²) < 4.78 is 42.3. The van der Waals surface area contributed by atoms with E-state index in [2.05, 4.69) is 25.8 Å². The zero-order valence-electron chi connectivity index (χ0n) is 10.2. The summed E-state index contributed by atoms with van der Waals surface area (Å²) in [6.45, 7) is 1.20. The van der Waals surface area contributed by atoms with Crippen LogP contribution in [0.1, 0.15) is 22.6 Å². The van der Waals surface area contributed by atoms with Crippen molar-refractivity contribution in [3.8, 4) is 0 Å². The van der Waals surface area contributed by atoms with E-state index in [0.717, 1.165) is 4.68 Å². The number of aromatic nitrogens is 2. The van der Waals surface area contributed by atoms with Crippen LogP contribution < -0.4 is 0 Å². The molecule has 0 fully saturated rings. The van der Waals surface area contributed by atoms with Crippen LogP contribution in [-0.4, -0.2) is 40.2 Å². The van der Waals surface area contributed by atoms with Gasteiger partial charge in [-0.05, 0) is 22.9 Å². The molecule has 0 aliphatic rings. The molecular weight excluding hydrogens is 333 g/mol. The van der Waals surface area contributed by atoms with E-state index in [1.807, 2.05) is 0 Å². The lowest BCUT2D eigenvalue weighted by molar-refractivity contribution is -0.154. The van der Waals surface area contributed by atoms with Crippen LogP contribution in [0.15, 0.2) is 4.47 Å². The normalized spacial score (nSPS) is 13.4. The molecule has 0 spiro atoms. The van der Waals surface area contributed by atoms with Crippen molar-refractivity contribution in [3.63, 3.8) is 0 Å². The first-order chi connectivity index (χ1) is 8.65. The lowest BCUT2D eigenvalue weighted by Crippen LogP contribution is -2.25. The third-order valence-corrected chi connectivity index (χ3v) is 3.31. The monoisotopic (exact) mass is 344 g/mol. The van der Waals surface area contributed by atoms with Crippen molar-refractivity contribution in [2.75, 3.05) is 7.11 Å².